The van der Waals surface area contributed by atoms with Crippen LogP contribution in [0, 0.1) is 5.82 Å². The first-order valence-corrected chi connectivity index (χ1v) is 10.1. The minimum atomic E-state index is -0.780. The van der Waals surface area contributed by atoms with E-state index < -0.39 is 17.8 Å². The number of para-hydroxylation sites is 1. The molecule has 31 heavy (non-hydrogen) atoms. The SMILES string of the molecule is CC(=O)[C@@H](NC(=O)C1=C(C)N(c2ccccc2)Cc2ccc(F)cc21)c1ccccc1. The van der Waals surface area contributed by atoms with Gasteiger partial charge in [-0.25, -0.2) is 4.39 Å². The van der Waals surface area contributed by atoms with Crippen molar-refractivity contribution in [2.24, 2.45) is 0 Å². The number of fused-ring (bicyclic) bond motifs is 1. The van der Waals surface area contributed by atoms with Crippen molar-refractivity contribution in [1.29, 1.82) is 0 Å². The van der Waals surface area contributed by atoms with Crippen LogP contribution in [-0.4, -0.2) is 11.7 Å². The average molecular weight is 414 g/mol. The number of carbonyl (C=O) groups excluding carboxylic acids is 2. The Morgan fingerprint density at radius 2 is 1.61 bits per heavy atom. The molecule has 1 aliphatic heterocycles. The largest absolute Gasteiger partial charge is 0.340 e. The fourth-order valence-electron chi connectivity index (χ4n) is 3.99. The summed E-state index contributed by atoms with van der Waals surface area (Å²) in [4.78, 5) is 27.8. The summed E-state index contributed by atoms with van der Waals surface area (Å²) in [5.41, 5.74) is 4.12. The number of anilines is 1. The Morgan fingerprint density at radius 1 is 0.968 bits per heavy atom. The monoisotopic (exact) mass is 414 g/mol. The van der Waals surface area contributed by atoms with Crippen molar-refractivity contribution >= 4 is 23.0 Å². The molecule has 0 unspecified atom stereocenters. The molecule has 1 aliphatic rings. The van der Waals surface area contributed by atoms with Crippen LogP contribution in [0.3, 0.4) is 0 Å². The average Bonchev–Trinajstić information content (AvgIpc) is 2.78. The van der Waals surface area contributed by atoms with E-state index in [0.717, 1.165) is 11.3 Å². The molecule has 0 saturated carbocycles. The Labute approximate surface area is 181 Å². The summed E-state index contributed by atoms with van der Waals surface area (Å²) in [6.07, 6.45) is 0. The van der Waals surface area contributed by atoms with Gasteiger partial charge in [-0.2, -0.15) is 0 Å². The van der Waals surface area contributed by atoms with Gasteiger partial charge in [0.05, 0.1) is 5.57 Å². The fraction of sp³-hybridized carbons (Fsp3) is 0.154. The van der Waals surface area contributed by atoms with E-state index in [9.17, 15) is 14.0 Å². The van der Waals surface area contributed by atoms with Crippen LogP contribution in [0.25, 0.3) is 5.57 Å². The quantitative estimate of drug-likeness (QED) is 0.638. The topological polar surface area (TPSA) is 49.4 Å². The van der Waals surface area contributed by atoms with Crippen LogP contribution in [-0.2, 0) is 16.1 Å². The second-order valence-corrected chi connectivity index (χ2v) is 7.61. The highest BCUT2D eigenvalue weighted by atomic mass is 19.1. The van der Waals surface area contributed by atoms with Gasteiger partial charge < -0.3 is 10.2 Å². The van der Waals surface area contributed by atoms with Crippen LogP contribution in [0.5, 0.6) is 0 Å². The summed E-state index contributed by atoms with van der Waals surface area (Å²) >= 11 is 0. The second kappa shape index (κ2) is 8.56. The maximum atomic E-state index is 14.1. The lowest BCUT2D eigenvalue weighted by atomic mass is 9.91. The molecule has 0 spiro atoms. The summed E-state index contributed by atoms with van der Waals surface area (Å²) < 4.78 is 14.1. The van der Waals surface area contributed by atoms with Gasteiger partial charge >= 0.3 is 0 Å². The smallest absolute Gasteiger partial charge is 0.254 e. The third-order valence-corrected chi connectivity index (χ3v) is 5.55. The van der Waals surface area contributed by atoms with Crippen molar-refractivity contribution in [2.75, 3.05) is 4.90 Å². The molecule has 5 heteroatoms. The maximum Gasteiger partial charge on any atom is 0.254 e. The summed E-state index contributed by atoms with van der Waals surface area (Å²) in [7, 11) is 0. The number of nitrogens with one attached hydrogen (secondary N) is 1. The van der Waals surface area contributed by atoms with Crippen molar-refractivity contribution in [3.05, 3.63) is 107 Å². The Hall–Kier alpha value is -3.73. The Morgan fingerprint density at radius 3 is 2.26 bits per heavy atom. The zero-order valence-electron chi connectivity index (χ0n) is 17.4. The zero-order valence-corrected chi connectivity index (χ0v) is 17.4. The summed E-state index contributed by atoms with van der Waals surface area (Å²) in [6, 6.07) is 22.6. The molecule has 0 bridgehead atoms. The number of ketones is 1. The molecule has 1 atom stereocenters. The van der Waals surface area contributed by atoms with E-state index in [1.807, 2.05) is 60.4 Å². The molecule has 0 fully saturated rings. The highest BCUT2D eigenvalue weighted by Gasteiger charge is 2.30. The molecular weight excluding hydrogens is 391 g/mol. The molecule has 1 heterocycles. The molecule has 1 N–H and O–H groups in total. The zero-order chi connectivity index (χ0) is 22.0. The van der Waals surface area contributed by atoms with E-state index in [0.29, 0.717) is 28.9 Å². The number of nitrogens with zero attached hydrogens (tertiary/aromatic N) is 1. The number of rotatable bonds is 5. The highest BCUT2D eigenvalue weighted by molar-refractivity contribution is 6.22. The number of halogens is 1. The first kappa shape index (κ1) is 20.5. The number of amides is 1. The molecule has 0 aromatic heterocycles. The number of hydrogen-bond donors (Lipinski definition) is 1. The summed E-state index contributed by atoms with van der Waals surface area (Å²) in [5, 5.41) is 2.87. The van der Waals surface area contributed by atoms with Gasteiger partial charge in [-0.05, 0) is 54.8 Å². The normalized spacial score (nSPS) is 14.1. The predicted octanol–water partition coefficient (Wildman–Crippen LogP) is 5.02. The molecule has 0 radical (unpaired) electrons. The van der Waals surface area contributed by atoms with E-state index in [4.69, 9.17) is 0 Å². The van der Waals surface area contributed by atoms with E-state index in [1.54, 1.807) is 18.2 Å². The minimum Gasteiger partial charge on any atom is -0.340 e. The van der Waals surface area contributed by atoms with Gasteiger partial charge in [0.15, 0.2) is 5.78 Å². The Bertz CT molecular complexity index is 1160. The van der Waals surface area contributed by atoms with Crippen LogP contribution in [0.4, 0.5) is 10.1 Å². The number of hydrogen-bond acceptors (Lipinski definition) is 3. The van der Waals surface area contributed by atoms with Gasteiger partial charge in [0.2, 0.25) is 0 Å². The third kappa shape index (κ3) is 4.12. The molecule has 4 rings (SSSR count). The molecule has 156 valence electrons. The van der Waals surface area contributed by atoms with Crippen LogP contribution in [0.2, 0.25) is 0 Å². The molecule has 3 aromatic rings. The first-order valence-electron chi connectivity index (χ1n) is 10.1. The second-order valence-electron chi connectivity index (χ2n) is 7.61. The van der Waals surface area contributed by atoms with Crippen molar-refractivity contribution in [1.82, 2.24) is 5.32 Å². The lowest BCUT2D eigenvalue weighted by Gasteiger charge is -2.34. The molecule has 4 nitrogen and oxygen atoms in total. The van der Waals surface area contributed by atoms with E-state index in [-0.39, 0.29) is 5.78 Å². The van der Waals surface area contributed by atoms with Crippen molar-refractivity contribution in [2.45, 2.75) is 26.4 Å². The number of carbonyl (C=O) groups is 2. The Balaban J connectivity index is 1.78. The summed E-state index contributed by atoms with van der Waals surface area (Å²) in [6.45, 7) is 3.82. The van der Waals surface area contributed by atoms with Gasteiger partial charge in [-0.3, -0.25) is 9.59 Å². The van der Waals surface area contributed by atoms with Crippen LogP contribution >= 0.6 is 0 Å². The first-order chi connectivity index (χ1) is 15.0. The van der Waals surface area contributed by atoms with Gasteiger partial charge in [-0.1, -0.05) is 54.6 Å². The molecule has 1 amide bonds. The van der Waals surface area contributed by atoms with Crippen molar-refractivity contribution in [3.63, 3.8) is 0 Å². The van der Waals surface area contributed by atoms with Gasteiger partial charge in [-0.15, -0.1) is 0 Å². The van der Waals surface area contributed by atoms with Crippen LogP contribution in [0.1, 0.15) is 36.6 Å². The number of Topliss-reactive ketones (excluding diaryl/α,β-unsaturated/α-hetero) is 1. The summed E-state index contributed by atoms with van der Waals surface area (Å²) in [5.74, 6) is -0.988. The van der Waals surface area contributed by atoms with E-state index in [1.165, 1.54) is 19.1 Å². The minimum absolute atomic E-state index is 0.173. The lowest BCUT2D eigenvalue weighted by Crippen LogP contribution is -2.37. The molecule has 0 saturated heterocycles. The van der Waals surface area contributed by atoms with Gasteiger partial charge in [0.25, 0.3) is 5.91 Å². The van der Waals surface area contributed by atoms with Gasteiger partial charge in [0, 0.05) is 17.9 Å². The fourth-order valence-corrected chi connectivity index (χ4v) is 3.99. The lowest BCUT2D eigenvalue weighted by molar-refractivity contribution is -0.124. The van der Waals surface area contributed by atoms with Crippen molar-refractivity contribution in [3.8, 4) is 0 Å². The van der Waals surface area contributed by atoms with Crippen molar-refractivity contribution < 1.29 is 14.0 Å². The van der Waals surface area contributed by atoms with Crippen LogP contribution in [0.15, 0.2) is 84.6 Å². The Kier molecular flexibility index (Phi) is 5.67. The predicted molar refractivity (Wildman–Crippen MR) is 120 cm³/mol. The maximum absolute atomic E-state index is 14.1. The standard InChI is InChI=1S/C26H23FN2O2/c1-17-24(26(31)28-25(18(2)30)19-9-5-3-6-10-19)23-15-21(27)14-13-20(23)16-29(17)22-11-7-4-8-12-22/h3-15,25H,16H2,1-2H3,(H,28,31)/t25-/m1/s1. The van der Waals surface area contributed by atoms with Gasteiger partial charge in [0.1, 0.15) is 11.9 Å². The van der Waals surface area contributed by atoms with E-state index in [2.05, 4.69) is 5.32 Å². The molecule has 3 aromatic carbocycles. The number of benzene rings is 3. The van der Waals surface area contributed by atoms with E-state index >= 15 is 0 Å². The van der Waals surface area contributed by atoms with Crippen LogP contribution < -0.4 is 10.2 Å². The third-order valence-electron chi connectivity index (χ3n) is 5.55. The number of allylic oxidation sites excluding steroid dienone is 1. The molecular formula is C26H23FN2O2. The molecule has 0 aliphatic carbocycles. The highest BCUT2D eigenvalue weighted by Crippen LogP contribution is 2.35.